The third kappa shape index (κ3) is 3.42. The Morgan fingerprint density at radius 2 is 1.19 bits per heavy atom. The number of hydrogen-bond acceptors (Lipinski definition) is 3. The van der Waals surface area contributed by atoms with E-state index >= 15 is 0 Å². The minimum Gasteiger partial charge on any atom is -0.455 e. The monoisotopic (exact) mass is 537 g/mol. The largest absolute Gasteiger partial charge is 0.455 e. The highest BCUT2D eigenvalue weighted by Gasteiger charge is 2.18. The van der Waals surface area contributed by atoms with Crippen LogP contribution in [0.3, 0.4) is 0 Å². The van der Waals surface area contributed by atoms with E-state index in [0.29, 0.717) is 5.82 Å². The Kier molecular flexibility index (Phi) is 4.87. The fourth-order valence-corrected chi connectivity index (χ4v) is 6.24. The molecule has 0 aliphatic rings. The summed E-state index contributed by atoms with van der Waals surface area (Å²) in [5.41, 5.74) is 6.89. The molecular formula is C38H23N3O. The Bertz CT molecular complexity index is 2400. The Labute approximate surface area is 241 Å². The number of para-hydroxylation sites is 2. The van der Waals surface area contributed by atoms with E-state index in [0.717, 1.165) is 66.4 Å². The summed E-state index contributed by atoms with van der Waals surface area (Å²) >= 11 is 0. The molecule has 6 aromatic carbocycles. The average Bonchev–Trinajstić information content (AvgIpc) is 3.60. The number of fused-ring (bicyclic) bond motifs is 8. The van der Waals surface area contributed by atoms with E-state index < -0.39 is 0 Å². The summed E-state index contributed by atoms with van der Waals surface area (Å²) in [5, 5.41) is 6.84. The van der Waals surface area contributed by atoms with Crippen molar-refractivity contribution in [3.63, 3.8) is 0 Å². The molecule has 0 atom stereocenters. The van der Waals surface area contributed by atoms with Gasteiger partial charge in [0.2, 0.25) is 0 Å². The molecule has 0 amide bonds. The lowest BCUT2D eigenvalue weighted by atomic mass is 10.0. The predicted molar refractivity (Wildman–Crippen MR) is 172 cm³/mol. The minimum atomic E-state index is 0.693. The lowest BCUT2D eigenvalue weighted by Crippen LogP contribution is -2.02. The van der Waals surface area contributed by atoms with E-state index in [1.807, 2.05) is 48.5 Å². The highest BCUT2D eigenvalue weighted by atomic mass is 16.3. The lowest BCUT2D eigenvalue weighted by Gasteiger charge is -2.12. The number of furan rings is 1. The summed E-state index contributed by atoms with van der Waals surface area (Å²) in [6.45, 7) is 0. The van der Waals surface area contributed by atoms with Gasteiger partial charge in [0, 0.05) is 44.1 Å². The molecule has 3 aromatic heterocycles. The highest BCUT2D eigenvalue weighted by Crippen LogP contribution is 2.39. The first-order valence-electron chi connectivity index (χ1n) is 14.1. The van der Waals surface area contributed by atoms with Crippen molar-refractivity contribution >= 4 is 54.5 Å². The molecule has 4 nitrogen and oxygen atoms in total. The van der Waals surface area contributed by atoms with Crippen LogP contribution in [0.4, 0.5) is 0 Å². The van der Waals surface area contributed by atoms with E-state index in [9.17, 15) is 0 Å². The number of benzene rings is 6. The van der Waals surface area contributed by atoms with Crippen LogP contribution in [0.25, 0.3) is 83.0 Å². The number of hydrogen-bond donors (Lipinski definition) is 0. The van der Waals surface area contributed by atoms with E-state index in [-0.39, 0.29) is 0 Å². The first-order valence-corrected chi connectivity index (χ1v) is 14.1. The molecule has 0 radical (unpaired) electrons. The molecule has 0 aliphatic heterocycles. The van der Waals surface area contributed by atoms with Crippen molar-refractivity contribution in [2.24, 2.45) is 0 Å². The first-order chi connectivity index (χ1) is 20.8. The molecule has 0 fully saturated rings. The summed E-state index contributed by atoms with van der Waals surface area (Å²) < 4.78 is 8.72. The third-order valence-electron chi connectivity index (χ3n) is 8.20. The van der Waals surface area contributed by atoms with Crippen molar-refractivity contribution in [3.8, 4) is 28.5 Å². The van der Waals surface area contributed by atoms with Crippen LogP contribution in [0.5, 0.6) is 0 Å². The molecule has 0 saturated heterocycles. The third-order valence-corrected chi connectivity index (χ3v) is 8.20. The van der Waals surface area contributed by atoms with Crippen LogP contribution >= 0.6 is 0 Å². The standard InChI is InChI=1S/C38H23N3O/c1-3-11-24(12-4-1)32-23-36(40-38(39-32)25-13-5-2-6-14-25)41-33-17-9-7-15-27(33)31-21-26-19-20-29-28-16-8-10-18-35(28)42-37(29)30(26)22-34(31)41/h1-23H. The van der Waals surface area contributed by atoms with Gasteiger partial charge in [-0.1, -0.05) is 103 Å². The van der Waals surface area contributed by atoms with Crippen molar-refractivity contribution in [2.45, 2.75) is 0 Å². The van der Waals surface area contributed by atoms with Crippen molar-refractivity contribution < 1.29 is 4.42 Å². The summed E-state index contributed by atoms with van der Waals surface area (Å²) in [7, 11) is 0. The smallest absolute Gasteiger partial charge is 0.162 e. The molecule has 3 heterocycles. The second-order valence-electron chi connectivity index (χ2n) is 10.7. The van der Waals surface area contributed by atoms with E-state index in [1.165, 1.54) is 10.8 Å². The number of rotatable bonds is 3. The van der Waals surface area contributed by atoms with Crippen LogP contribution in [0, 0.1) is 0 Å². The minimum absolute atomic E-state index is 0.693. The molecule has 4 heteroatoms. The molecule has 0 aliphatic carbocycles. The van der Waals surface area contributed by atoms with Gasteiger partial charge in [-0.15, -0.1) is 0 Å². The molecule has 196 valence electrons. The van der Waals surface area contributed by atoms with Gasteiger partial charge >= 0.3 is 0 Å². The fraction of sp³-hybridized carbons (Fsp3) is 0. The zero-order chi connectivity index (χ0) is 27.6. The van der Waals surface area contributed by atoms with Crippen molar-refractivity contribution in [1.29, 1.82) is 0 Å². The Morgan fingerprint density at radius 3 is 2.02 bits per heavy atom. The molecular weight excluding hydrogens is 514 g/mol. The molecule has 0 unspecified atom stereocenters. The average molecular weight is 538 g/mol. The van der Waals surface area contributed by atoms with Gasteiger partial charge in [0.15, 0.2) is 5.82 Å². The van der Waals surface area contributed by atoms with Crippen molar-refractivity contribution in [3.05, 3.63) is 140 Å². The normalized spacial score (nSPS) is 11.8. The Morgan fingerprint density at radius 1 is 0.476 bits per heavy atom. The van der Waals surface area contributed by atoms with Gasteiger partial charge in [-0.2, -0.15) is 0 Å². The zero-order valence-electron chi connectivity index (χ0n) is 22.5. The van der Waals surface area contributed by atoms with Gasteiger partial charge in [0.05, 0.1) is 16.7 Å². The molecule has 0 N–H and O–H groups in total. The maximum absolute atomic E-state index is 6.45. The lowest BCUT2D eigenvalue weighted by molar-refractivity contribution is 0.672. The second kappa shape index (κ2) is 8.88. The van der Waals surface area contributed by atoms with Crippen LogP contribution in [0.15, 0.2) is 144 Å². The quantitative estimate of drug-likeness (QED) is 0.225. The first kappa shape index (κ1) is 23.0. The number of nitrogens with zero attached hydrogens (tertiary/aromatic N) is 3. The summed E-state index contributed by atoms with van der Waals surface area (Å²) in [5.74, 6) is 1.52. The molecule has 0 spiro atoms. The molecule has 0 bridgehead atoms. The Balaban J connectivity index is 1.40. The zero-order valence-corrected chi connectivity index (χ0v) is 22.5. The topological polar surface area (TPSA) is 43.9 Å². The van der Waals surface area contributed by atoms with Crippen LogP contribution < -0.4 is 0 Å². The van der Waals surface area contributed by atoms with Crippen LogP contribution in [-0.2, 0) is 0 Å². The molecule has 0 saturated carbocycles. The van der Waals surface area contributed by atoms with Gasteiger partial charge in [-0.25, -0.2) is 9.97 Å². The molecule has 42 heavy (non-hydrogen) atoms. The van der Waals surface area contributed by atoms with E-state index in [2.05, 4.69) is 95.6 Å². The van der Waals surface area contributed by atoms with Crippen LogP contribution in [-0.4, -0.2) is 14.5 Å². The van der Waals surface area contributed by atoms with Gasteiger partial charge in [0.1, 0.15) is 17.0 Å². The maximum atomic E-state index is 6.45. The second-order valence-corrected chi connectivity index (χ2v) is 10.7. The summed E-state index contributed by atoms with van der Waals surface area (Å²) in [6.07, 6.45) is 0. The fourth-order valence-electron chi connectivity index (χ4n) is 6.24. The SMILES string of the molecule is c1ccc(-c2cc(-n3c4ccccc4c4cc5ccc6c7ccccc7oc6c5cc43)nc(-c3ccccc3)n2)cc1. The predicted octanol–water partition coefficient (Wildman–Crippen LogP) is 9.96. The van der Waals surface area contributed by atoms with Gasteiger partial charge in [-0.3, -0.25) is 4.57 Å². The number of aromatic nitrogens is 3. The Hall–Kier alpha value is -5.74. The summed E-state index contributed by atoms with van der Waals surface area (Å²) in [6, 6.07) is 48.3. The van der Waals surface area contributed by atoms with Gasteiger partial charge in [-0.05, 0) is 35.7 Å². The van der Waals surface area contributed by atoms with Crippen LogP contribution in [0.1, 0.15) is 0 Å². The van der Waals surface area contributed by atoms with Crippen molar-refractivity contribution in [2.75, 3.05) is 0 Å². The molecule has 9 rings (SSSR count). The van der Waals surface area contributed by atoms with Gasteiger partial charge < -0.3 is 4.42 Å². The molecule has 9 aromatic rings. The van der Waals surface area contributed by atoms with Crippen LogP contribution in [0.2, 0.25) is 0 Å². The van der Waals surface area contributed by atoms with E-state index in [4.69, 9.17) is 14.4 Å². The van der Waals surface area contributed by atoms with Crippen molar-refractivity contribution in [1.82, 2.24) is 14.5 Å². The van der Waals surface area contributed by atoms with E-state index in [1.54, 1.807) is 0 Å². The maximum Gasteiger partial charge on any atom is 0.162 e. The highest BCUT2D eigenvalue weighted by molar-refractivity contribution is 6.20. The summed E-state index contributed by atoms with van der Waals surface area (Å²) in [4.78, 5) is 10.2. The van der Waals surface area contributed by atoms with Gasteiger partial charge in [0.25, 0.3) is 0 Å².